The lowest BCUT2D eigenvalue weighted by Crippen LogP contribution is -2.10. The first-order valence-corrected chi connectivity index (χ1v) is 4.89. The van der Waals surface area contributed by atoms with E-state index in [0.29, 0.717) is 5.56 Å². The zero-order valence-corrected chi connectivity index (χ0v) is 8.93. The molecule has 0 atom stereocenters. The van der Waals surface area contributed by atoms with Gasteiger partial charge >= 0.3 is 0 Å². The van der Waals surface area contributed by atoms with E-state index < -0.39 is 0 Å². The molecule has 0 bridgehead atoms. The summed E-state index contributed by atoms with van der Waals surface area (Å²) < 4.78 is 6.70. The Kier molecular flexibility index (Phi) is 2.78. The Labute approximate surface area is 92.4 Å². The molecular weight excluding hydrogens is 206 g/mol. The highest BCUT2D eigenvalue weighted by Crippen LogP contribution is 2.13. The Bertz CT molecular complexity index is 525. The van der Waals surface area contributed by atoms with Crippen molar-refractivity contribution in [1.82, 2.24) is 9.78 Å². The summed E-state index contributed by atoms with van der Waals surface area (Å²) >= 11 is 0. The Morgan fingerprint density at radius 2 is 2.06 bits per heavy atom. The number of ether oxygens (including phenoxy) is 1. The Balaban J connectivity index is 2.38. The smallest absolute Gasteiger partial charge is 0.268 e. The average molecular weight is 219 g/mol. The van der Waals surface area contributed by atoms with Gasteiger partial charge in [-0.1, -0.05) is 0 Å². The molecule has 0 radical (unpaired) electrons. The van der Waals surface area contributed by atoms with E-state index >= 15 is 0 Å². The summed E-state index contributed by atoms with van der Waals surface area (Å²) in [6.45, 7) is 0.235. The van der Waals surface area contributed by atoms with Gasteiger partial charge in [0.2, 0.25) is 0 Å². The lowest BCUT2D eigenvalue weighted by molar-refractivity contribution is 0.414. The van der Waals surface area contributed by atoms with Crippen molar-refractivity contribution in [3.05, 3.63) is 46.4 Å². The predicted octanol–water partition coefficient (Wildman–Crippen LogP) is 0.633. The molecule has 5 nitrogen and oxygen atoms in total. The van der Waals surface area contributed by atoms with Crippen LogP contribution in [0.4, 0.5) is 0 Å². The van der Waals surface area contributed by atoms with Gasteiger partial charge in [0.25, 0.3) is 5.56 Å². The van der Waals surface area contributed by atoms with Gasteiger partial charge in [-0.3, -0.25) is 14.6 Å². The zero-order chi connectivity index (χ0) is 11.5. The average Bonchev–Trinajstić information content (AvgIpc) is 2.71. The van der Waals surface area contributed by atoms with E-state index in [-0.39, 0.29) is 12.1 Å². The predicted molar refractivity (Wildman–Crippen MR) is 60.8 cm³/mol. The van der Waals surface area contributed by atoms with Crippen LogP contribution >= 0.6 is 0 Å². The maximum absolute atomic E-state index is 11.4. The molecule has 0 aliphatic carbocycles. The molecule has 0 unspecified atom stereocenters. The first-order chi connectivity index (χ1) is 7.74. The van der Waals surface area contributed by atoms with E-state index in [1.807, 2.05) is 24.3 Å². The number of aromatic amines is 1. The number of hydrogen-bond acceptors (Lipinski definition) is 3. The van der Waals surface area contributed by atoms with Crippen molar-refractivity contribution in [2.24, 2.45) is 5.73 Å². The highest BCUT2D eigenvalue weighted by atomic mass is 16.5. The molecule has 0 saturated heterocycles. The first-order valence-electron chi connectivity index (χ1n) is 4.89. The summed E-state index contributed by atoms with van der Waals surface area (Å²) in [5.41, 5.74) is 6.70. The van der Waals surface area contributed by atoms with Gasteiger partial charge in [-0.05, 0) is 24.3 Å². The minimum atomic E-state index is -0.154. The molecule has 84 valence electrons. The summed E-state index contributed by atoms with van der Waals surface area (Å²) in [7, 11) is 1.61. The minimum absolute atomic E-state index is 0.154. The van der Waals surface area contributed by atoms with Gasteiger partial charge in [0.05, 0.1) is 18.4 Å². The van der Waals surface area contributed by atoms with Crippen LogP contribution in [-0.4, -0.2) is 16.9 Å². The van der Waals surface area contributed by atoms with Gasteiger partial charge in [-0.2, -0.15) is 0 Å². The Hall–Kier alpha value is -2.01. The van der Waals surface area contributed by atoms with Crippen molar-refractivity contribution in [1.29, 1.82) is 0 Å². The largest absolute Gasteiger partial charge is 0.497 e. The molecule has 1 aromatic carbocycles. The number of nitrogens with zero attached hydrogens (tertiary/aromatic N) is 1. The molecule has 16 heavy (non-hydrogen) atoms. The second-order valence-electron chi connectivity index (χ2n) is 3.37. The van der Waals surface area contributed by atoms with Crippen LogP contribution in [-0.2, 0) is 6.54 Å². The third kappa shape index (κ3) is 1.85. The number of hydrogen-bond donors (Lipinski definition) is 2. The molecule has 0 aliphatic heterocycles. The molecule has 0 aliphatic rings. The number of aromatic nitrogens is 2. The van der Waals surface area contributed by atoms with E-state index in [1.54, 1.807) is 18.0 Å². The number of H-pyrrole nitrogens is 1. The highest BCUT2D eigenvalue weighted by molar-refractivity contribution is 5.37. The summed E-state index contributed by atoms with van der Waals surface area (Å²) in [6.07, 6.45) is 1.70. The standard InChI is InChI=1S/C11H13N3O2/c1-16-10-4-2-9(3-5-10)14-7-8(6-12)11(15)13-14/h2-5,7H,6,12H2,1H3,(H,13,15). The van der Waals surface area contributed by atoms with Crippen molar-refractivity contribution >= 4 is 0 Å². The second-order valence-corrected chi connectivity index (χ2v) is 3.37. The van der Waals surface area contributed by atoms with Crippen LogP contribution in [0.3, 0.4) is 0 Å². The summed E-state index contributed by atoms with van der Waals surface area (Å²) in [5, 5.41) is 2.69. The van der Waals surface area contributed by atoms with Crippen molar-refractivity contribution in [3.8, 4) is 11.4 Å². The van der Waals surface area contributed by atoms with Gasteiger partial charge in [-0.15, -0.1) is 0 Å². The van der Waals surface area contributed by atoms with Gasteiger partial charge in [-0.25, -0.2) is 0 Å². The van der Waals surface area contributed by atoms with E-state index in [9.17, 15) is 4.79 Å². The fourth-order valence-corrected chi connectivity index (χ4v) is 1.46. The van der Waals surface area contributed by atoms with Crippen molar-refractivity contribution in [2.45, 2.75) is 6.54 Å². The Morgan fingerprint density at radius 1 is 1.38 bits per heavy atom. The molecular formula is C11H13N3O2. The molecule has 1 heterocycles. The van der Waals surface area contributed by atoms with E-state index in [0.717, 1.165) is 11.4 Å². The van der Waals surface area contributed by atoms with Crippen LogP contribution in [0.15, 0.2) is 35.3 Å². The quantitative estimate of drug-likeness (QED) is 0.795. The van der Waals surface area contributed by atoms with Crippen molar-refractivity contribution in [3.63, 3.8) is 0 Å². The monoisotopic (exact) mass is 219 g/mol. The fraction of sp³-hybridized carbons (Fsp3) is 0.182. The van der Waals surface area contributed by atoms with Crippen molar-refractivity contribution < 1.29 is 4.74 Å². The zero-order valence-electron chi connectivity index (χ0n) is 8.93. The van der Waals surface area contributed by atoms with Gasteiger partial charge in [0, 0.05) is 12.7 Å². The van der Waals surface area contributed by atoms with Crippen LogP contribution in [0.2, 0.25) is 0 Å². The third-order valence-corrected chi connectivity index (χ3v) is 2.37. The number of nitrogens with two attached hydrogens (primary N) is 1. The molecule has 0 amide bonds. The van der Waals surface area contributed by atoms with Gasteiger partial charge < -0.3 is 10.5 Å². The number of benzene rings is 1. The van der Waals surface area contributed by atoms with Crippen LogP contribution < -0.4 is 16.0 Å². The summed E-state index contributed by atoms with van der Waals surface area (Å²) in [4.78, 5) is 11.4. The second kappa shape index (κ2) is 4.24. The van der Waals surface area contributed by atoms with Crippen LogP contribution in [0, 0.1) is 0 Å². The minimum Gasteiger partial charge on any atom is -0.497 e. The molecule has 1 aromatic heterocycles. The third-order valence-electron chi connectivity index (χ3n) is 2.37. The van der Waals surface area contributed by atoms with Crippen molar-refractivity contribution in [2.75, 3.05) is 7.11 Å². The summed E-state index contributed by atoms with van der Waals surface area (Å²) in [5.74, 6) is 0.775. The van der Waals surface area contributed by atoms with Gasteiger partial charge in [0.15, 0.2) is 0 Å². The van der Waals surface area contributed by atoms with E-state index in [4.69, 9.17) is 10.5 Å². The number of methoxy groups -OCH3 is 1. The van der Waals surface area contributed by atoms with Crippen LogP contribution in [0.25, 0.3) is 5.69 Å². The fourth-order valence-electron chi connectivity index (χ4n) is 1.46. The highest BCUT2D eigenvalue weighted by Gasteiger charge is 2.03. The molecule has 5 heteroatoms. The number of rotatable bonds is 3. The topological polar surface area (TPSA) is 73.0 Å². The molecule has 2 rings (SSSR count). The lowest BCUT2D eigenvalue weighted by Gasteiger charge is -2.03. The van der Waals surface area contributed by atoms with E-state index in [1.165, 1.54) is 0 Å². The maximum Gasteiger partial charge on any atom is 0.268 e. The maximum atomic E-state index is 11.4. The molecule has 2 aromatic rings. The lowest BCUT2D eigenvalue weighted by atomic mass is 10.3. The SMILES string of the molecule is COc1ccc(-n2cc(CN)c(=O)[nH]2)cc1. The number of nitrogens with one attached hydrogen (secondary N) is 1. The molecule has 0 saturated carbocycles. The normalized spacial score (nSPS) is 10.4. The molecule has 0 fully saturated rings. The summed E-state index contributed by atoms with van der Waals surface area (Å²) in [6, 6.07) is 7.37. The first kappa shape index (κ1) is 10.5. The van der Waals surface area contributed by atoms with Crippen LogP contribution in [0.5, 0.6) is 5.75 Å². The molecule has 0 spiro atoms. The molecule has 3 N–H and O–H groups in total. The van der Waals surface area contributed by atoms with Crippen LogP contribution in [0.1, 0.15) is 5.56 Å². The van der Waals surface area contributed by atoms with E-state index in [2.05, 4.69) is 5.10 Å². The van der Waals surface area contributed by atoms with Gasteiger partial charge in [0.1, 0.15) is 5.75 Å². The Morgan fingerprint density at radius 3 is 2.56 bits per heavy atom.